The number of hydrogen-bond acceptors (Lipinski definition) is 4. The van der Waals surface area contributed by atoms with E-state index in [9.17, 15) is 4.79 Å². The zero-order chi connectivity index (χ0) is 20.5. The van der Waals surface area contributed by atoms with Crippen LogP contribution in [0.5, 0.6) is 0 Å². The van der Waals surface area contributed by atoms with Crippen LogP contribution in [0, 0.1) is 13.8 Å². The highest BCUT2D eigenvalue weighted by Crippen LogP contribution is 2.32. The lowest BCUT2D eigenvalue weighted by atomic mass is 10.1. The van der Waals surface area contributed by atoms with Gasteiger partial charge >= 0.3 is 0 Å². The molecular formula is C22H23BrN4OS. The average molecular weight is 471 g/mol. The minimum Gasteiger partial charge on any atom is -0.352 e. The van der Waals surface area contributed by atoms with Crippen molar-refractivity contribution in [2.45, 2.75) is 50.1 Å². The van der Waals surface area contributed by atoms with Crippen LogP contribution in [-0.2, 0) is 4.79 Å². The Labute approximate surface area is 183 Å². The third-order valence-electron chi connectivity index (χ3n) is 4.78. The van der Waals surface area contributed by atoms with Crippen LogP contribution in [0.2, 0.25) is 0 Å². The van der Waals surface area contributed by atoms with E-state index in [1.165, 1.54) is 22.9 Å². The fourth-order valence-corrected chi connectivity index (χ4v) is 4.34. The summed E-state index contributed by atoms with van der Waals surface area (Å²) >= 11 is 4.93. The van der Waals surface area contributed by atoms with Crippen molar-refractivity contribution in [1.29, 1.82) is 0 Å². The van der Waals surface area contributed by atoms with E-state index in [1.54, 1.807) is 0 Å². The molecule has 150 valence electrons. The quantitative estimate of drug-likeness (QED) is 0.510. The van der Waals surface area contributed by atoms with Crippen LogP contribution in [-0.4, -0.2) is 32.0 Å². The highest BCUT2D eigenvalue weighted by atomic mass is 79.9. The summed E-state index contributed by atoms with van der Waals surface area (Å²) in [7, 11) is 0. The molecule has 0 saturated heterocycles. The van der Waals surface area contributed by atoms with E-state index in [1.807, 2.05) is 31.2 Å². The van der Waals surface area contributed by atoms with Crippen LogP contribution in [0.4, 0.5) is 0 Å². The standard InChI is InChI=1S/C22H23BrN4OS/c1-13-10-14(2)12-19(11-13)27-20(16-4-6-17(23)7-5-16)25-26-22(27)29-15(3)21(28)24-18-8-9-18/h4-7,10-12,15,18H,8-9H2,1-3H3,(H,24,28). The monoisotopic (exact) mass is 470 g/mol. The second-order valence-corrected chi connectivity index (χ2v) is 9.76. The lowest BCUT2D eigenvalue weighted by molar-refractivity contribution is -0.120. The summed E-state index contributed by atoms with van der Waals surface area (Å²) in [5, 5.41) is 12.5. The molecule has 4 rings (SSSR count). The molecule has 29 heavy (non-hydrogen) atoms. The molecule has 7 heteroatoms. The fourth-order valence-electron chi connectivity index (χ4n) is 3.20. The Hall–Kier alpha value is -2.12. The molecule has 1 saturated carbocycles. The first-order chi connectivity index (χ1) is 13.9. The third kappa shape index (κ3) is 4.73. The van der Waals surface area contributed by atoms with Crippen LogP contribution in [0.15, 0.2) is 52.1 Å². The number of nitrogens with zero attached hydrogens (tertiary/aromatic N) is 3. The lowest BCUT2D eigenvalue weighted by Gasteiger charge is -2.15. The third-order valence-corrected chi connectivity index (χ3v) is 6.35. The van der Waals surface area contributed by atoms with E-state index in [4.69, 9.17) is 0 Å². The molecule has 1 heterocycles. The van der Waals surface area contributed by atoms with E-state index in [2.05, 4.69) is 68.1 Å². The van der Waals surface area contributed by atoms with E-state index < -0.39 is 0 Å². The van der Waals surface area contributed by atoms with Crippen LogP contribution in [0.3, 0.4) is 0 Å². The van der Waals surface area contributed by atoms with Gasteiger partial charge in [-0.3, -0.25) is 9.36 Å². The van der Waals surface area contributed by atoms with Crippen LogP contribution in [0.1, 0.15) is 30.9 Å². The number of hydrogen-bond donors (Lipinski definition) is 1. The number of rotatable bonds is 6. The predicted molar refractivity (Wildman–Crippen MR) is 120 cm³/mol. The van der Waals surface area contributed by atoms with Gasteiger partial charge in [-0.1, -0.05) is 45.9 Å². The summed E-state index contributed by atoms with van der Waals surface area (Å²) in [5.41, 5.74) is 4.32. The maximum Gasteiger partial charge on any atom is 0.233 e. The molecule has 0 aliphatic heterocycles. The SMILES string of the molecule is Cc1cc(C)cc(-n2c(SC(C)C(=O)NC3CC3)nnc2-c2ccc(Br)cc2)c1. The molecule has 1 aliphatic carbocycles. The van der Waals surface area contributed by atoms with E-state index in [0.29, 0.717) is 11.2 Å². The molecule has 2 aromatic carbocycles. The van der Waals surface area contributed by atoms with Crippen molar-refractivity contribution in [2.24, 2.45) is 0 Å². The minimum atomic E-state index is -0.248. The summed E-state index contributed by atoms with van der Waals surface area (Å²) in [6.07, 6.45) is 2.16. The zero-order valence-electron chi connectivity index (χ0n) is 16.6. The van der Waals surface area contributed by atoms with Crippen LogP contribution < -0.4 is 5.32 Å². The second kappa shape index (κ2) is 8.32. The van der Waals surface area contributed by atoms with Gasteiger partial charge in [0.05, 0.1) is 10.9 Å². The first-order valence-corrected chi connectivity index (χ1v) is 11.3. The molecule has 0 bridgehead atoms. The minimum absolute atomic E-state index is 0.0534. The Kier molecular flexibility index (Phi) is 5.79. The molecule has 1 N–H and O–H groups in total. The Morgan fingerprint density at radius 3 is 2.41 bits per heavy atom. The highest BCUT2D eigenvalue weighted by Gasteiger charge is 2.27. The fraction of sp³-hybridized carbons (Fsp3) is 0.318. The van der Waals surface area contributed by atoms with Gasteiger partial charge in [-0.25, -0.2) is 0 Å². The summed E-state index contributed by atoms with van der Waals surface area (Å²) < 4.78 is 3.06. The Bertz CT molecular complexity index is 1020. The maximum absolute atomic E-state index is 12.5. The molecule has 3 aromatic rings. The Morgan fingerprint density at radius 2 is 1.79 bits per heavy atom. The van der Waals surface area contributed by atoms with Crippen molar-refractivity contribution in [3.8, 4) is 17.1 Å². The second-order valence-electron chi connectivity index (χ2n) is 7.54. The zero-order valence-corrected chi connectivity index (χ0v) is 19.0. The van der Waals surface area contributed by atoms with Crippen molar-refractivity contribution in [3.05, 3.63) is 58.1 Å². The number of aromatic nitrogens is 3. The number of carbonyl (C=O) groups is 1. The smallest absolute Gasteiger partial charge is 0.233 e. The van der Waals surface area contributed by atoms with Crippen LogP contribution in [0.25, 0.3) is 17.1 Å². The molecule has 1 aromatic heterocycles. The van der Waals surface area contributed by atoms with E-state index in [0.717, 1.165) is 34.4 Å². The molecule has 5 nitrogen and oxygen atoms in total. The first kappa shape index (κ1) is 20.2. The van der Waals surface area contributed by atoms with Gasteiger partial charge in [0.15, 0.2) is 11.0 Å². The average Bonchev–Trinajstić information content (AvgIpc) is 3.39. The van der Waals surface area contributed by atoms with Crippen molar-refractivity contribution < 1.29 is 4.79 Å². The van der Waals surface area contributed by atoms with Gasteiger partial charge in [0, 0.05) is 16.1 Å². The topological polar surface area (TPSA) is 59.8 Å². The molecule has 1 atom stereocenters. The van der Waals surface area contributed by atoms with Gasteiger partial charge in [0.2, 0.25) is 5.91 Å². The van der Waals surface area contributed by atoms with Gasteiger partial charge in [-0.2, -0.15) is 0 Å². The van der Waals surface area contributed by atoms with Crippen LogP contribution >= 0.6 is 27.7 Å². The number of amides is 1. The number of halogens is 1. The Morgan fingerprint density at radius 1 is 1.14 bits per heavy atom. The Balaban J connectivity index is 1.74. The predicted octanol–water partition coefficient (Wildman–Crippen LogP) is 5.07. The molecular weight excluding hydrogens is 448 g/mol. The molecule has 1 fully saturated rings. The summed E-state index contributed by atoms with van der Waals surface area (Å²) in [6.45, 7) is 6.08. The molecule has 0 radical (unpaired) electrons. The van der Waals surface area contributed by atoms with Crippen molar-refractivity contribution >= 4 is 33.6 Å². The van der Waals surface area contributed by atoms with E-state index in [-0.39, 0.29) is 11.2 Å². The highest BCUT2D eigenvalue weighted by molar-refractivity contribution is 9.10. The summed E-state index contributed by atoms with van der Waals surface area (Å²) in [5.74, 6) is 0.817. The van der Waals surface area contributed by atoms with Crippen molar-refractivity contribution in [3.63, 3.8) is 0 Å². The number of thioether (sulfide) groups is 1. The van der Waals surface area contributed by atoms with Gasteiger partial charge in [0.25, 0.3) is 0 Å². The summed E-state index contributed by atoms with van der Waals surface area (Å²) in [4.78, 5) is 12.5. The van der Waals surface area contributed by atoms with E-state index >= 15 is 0 Å². The van der Waals surface area contributed by atoms with Gasteiger partial charge < -0.3 is 5.32 Å². The number of carbonyl (C=O) groups excluding carboxylic acids is 1. The maximum atomic E-state index is 12.5. The van der Waals surface area contributed by atoms with Crippen molar-refractivity contribution in [1.82, 2.24) is 20.1 Å². The molecule has 1 amide bonds. The lowest BCUT2D eigenvalue weighted by Crippen LogP contribution is -2.32. The largest absolute Gasteiger partial charge is 0.352 e. The normalized spacial score (nSPS) is 14.6. The van der Waals surface area contributed by atoms with Gasteiger partial charge in [-0.15, -0.1) is 10.2 Å². The van der Waals surface area contributed by atoms with Gasteiger partial charge in [-0.05, 0) is 69.0 Å². The number of benzene rings is 2. The molecule has 0 spiro atoms. The van der Waals surface area contributed by atoms with Crippen molar-refractivity contribution in [2.75, 3.05) is 0 Å². The molecule has 1 unspecified atom stereocenters. The molecule has 1 aliphatic rings. The number of aryl methyl sites for hydroxylation is 2. The first-order valence-electron chi connectivity index (χ1n) is 9.68. The number of nitrogens with one attached hydrogen (secondary N) is 1. The van der Waals surface area contributed by atoms with Gasteiger partial charge in [0.1, 0.15) is 0 Å². The summed E-state index contributed by atoms with van der Waals surface area (Å²) in [6, 6.07) is 14.8.